The minimum Gasteiger partial charge on any atom is -0.399 e. The fraction of sp³-hybridized carbons (Fsp3) is 0.0455. The normalized spacial score (nSPS) is 11.3. The van der Waals surface area contributed by atoms with Crippen LogP contribution in [0.25, 0.3) is 11.1 Å². The second-order valence-corrected chi connectivity index (χ2v) is 8.22. The molecular formula is C22H19N3O3S. The number of rotatable bonds is 6. The van der Waals surface area contributed by atoms with Gasteiger partial charge in [0.2, 0.25) is 5.88 Å². The van der Waals surface area contributed by atoms with E-state index in [1.165, 1.54) is 24.3 Å². The Morgan fingerprint density at radius 3 is 2.14 bits per heavy atom. The molecule has 0 aliphatic heterocycles. The zero-order valence-electron chi connectivity index (χ0n) is 15.4. The van der Waals surface area contributed by atoms with E-state index in [1.54, 1.807) is 0 Å². The van der Waals surface area contributed by atoms with E-state index in [0.717, 1.165) is 11.1 Å². The lowest BCUT2D eigenvalue weighted by molar-refractivity contribution is 0.428. The Kier molecular flexibility index (Phi) is 5.05. The first-order valence-electron chi connectivity index (χ1n) is 8.99. The van der Waals surface area contributed by atoms with E-state index >= 15 is 0 Å². The van der Waals surface area contributed by atoms with Crippen molar-refractivity contribution in [3.8, 4) is 11.1 Å². The van der Waals surface area contributed by atoms with Crippen LogP contribution >= 0.6 is 0 Å². The summed E-state index contributed by atoms with van der Waals surface area (Å²) in [5.74, 6) is 0.0824. The first-order valence-corrected chi connectivity index (χ1v) is 10.5. The van der Waals surface area contributed by atoms with Crippen LogP contribution in [0.3, 0.4) is 0 Å². The molecular weight excluding hydrogens is 386 g/mol. The molecule has 3 aromatic carbocycles. The molecule has 0 radical (unpaired) electrons. The maximum atomic E-state index is 12.8. The van der Waals surface area contributed by atoms with E-state index in [2.05, 4.69) is 9.88 Å². The third kappa shape index (κ3) is 4.14. The Morgan fingerprint density at radius 2 is 1.48 bits per heavy atom. The maximum absolute atomic E-state index is 12.8. The van der Waals surface area contributed by atoms with Gasteiger partial charge in [0, 0.05) is 12.1 Å². The molecule has 0 amide bonds. The molecule has 0 saturated heterocycles. The van der Waals surface area contributed by atoms with E-state index in [1.807, 2.05) is 60.7 Å². The van der Waals surface area contributed by atoms with E-state index in [0.29, 0.717) is 23.4 Å². The number of anilines is 2. The lowest BCUT2D eigenvalue weighted by Crippen LogP contribution is -2.13. The molecule has 0 spiro atoms. The van der Waals surface area contributed by atoms with E-state index < -0.39 is 10.0 Å². The van der Waals surface area contributed by atoms with Crippen molar-refractivity contribution in [2.75, 3.05) is 10.5 Å². The summed E-state index contributed by atoms with van der Waals surface area (Å²) in [7, 11) is -3.86. The first-order chi connectivity index (χ1) is 14.0. The van der Waals surface area contributed by atoms with Crippen LogP contribution in [0.2, 0.25) is 0 Å². The Morgan fingerprint density at radius 1 is 0.862 bits per heavy atom. The van der Waals surface area contributed by atoms with Gasteiger partial charge in [0.15, 0.2) is 0 Å². The van der Waals surface area contributed by atoms with Crippen molar-refractivity contribution in [2.24, 2.45) is 0 Å². The highest BCUT2D eigenvalue weighted by atomic mass is 32.2. The number of sulfonamides is 1. The molecule has 0 aliphatic rings. The molecule has 0 aliphatic carbocycles. The van der Waals surface area contributed by atoms with Crippen molar-refractivity contribution in [3.63, 3.8) is 0 Å². The summed E-state index contributed by atoms with van der Waals surface area (Å²) in [4.78, 5) is 0.0896. The zero-order chi connectivity index (χ0) is 20.3. The van der Waals surface area contributed by atoms with Crippen LogP contribution in [0.15, 0.2) is 94.3 Å². The van der Waals surface area contributed by atoms with Crippen molar-refractivity contribution in [2.45, 2.75) is 11.3 Å². The van der Waals surface area contributed by atoms with Gasteiger partial charge in [0.1, 0.15) is 0 Å². The molecule has 0 bridgehead atoms. The molecule has 0 saturated carbocycles. The second-order valence-electron chi connectivity index (χ2n) is 6.54. The van der Waals surface area contributed by atoms with Gasteiger partial charge in [-0.25, -0.2) is 13.1 Å². The van der Waals surface area contributed by atoms with Gasteiger partial charge in [-0.05, 0) is 35.4 Å². The number of aromatic nitrogens is 1. The average Bonchev–Trinajstić information content (AvgIpc) is 3.11. The third-order valence-corrected chi connectivity index (χ3v) is 5.80. The van der Waals surface area contributed by atoms with Gasteiger partial charge in [0.25, 0.3) is 10.0 Å². The van der Waals surface area contributed by atoms with Gasteiger partial charge in [0.05, 0.1) is 16.2 Å². The molecule has 1 aromatic heterocycles. The molecule has 29 heavy (non-hydrogen) atoms. The maximum Gasteiger partial charge on any atom is 0.264 e. The Balaban J connectivity index is 1.74. The summed E-state index contributed by atoms with van der Waals surface area (Å²) in [5.41, 5.74) is 9.27. The Hall–Kier alpha value is -3.58. The monoisotopic (exact) mass is 405 g/mol. The molecule has 7 heteroatoms. The Labute approximate surface area is 169 Å². The first kappa shape index (κ1) is 18.8. The van der Waals surface area contributed by atoms with Gasteiger partial charge in [-0.2, -0.15) is 0 Å². The van der Waals surface area contributed by atoms with Crippen molar-refractivity contribution < 1.29 is 12.9 Å². The lowest BCUT2D eigenvalue weighted by Gasteiger charge is -2.08. The number of benzene rings is 3. The lowest BCUT2D eigenvalue weighted by atomic mass is 10.0. The van der Waals surface area contributed by atoms with Crippen LogP contribution in [0, 0.1) is 0 Å². The van der Waals surface area contributed by atoms with Gasteiger partial charge in [-0.3, -0.25) is 0 Å². The third-order valence-electron chi connectivity index (χ3n) is 4.46. The topological polar surface area (TPSA) is 98.2 Å². The highest BCUT2D eigenvalue weighted by Gasteiger charge is 2.23. The van der Waals surface area contributed by atoms with Gasteiger partial charge >= 0.3 is 0 Å². The molecule has 4 aromatic rings. The fourth-order valence-corrected chi connectivity index (χ4v) is 4.03. The quantitative estimate of drug-likeness (QED) is 0.466. The van der Waals surface area contributed by atoms with E-state index in [-0.39, 0.29) is 10.8 Å². The summed E-state index contributed by atoms with van der Waals surface area (Å²) < 4.78 is 33.6. The molecule has 0 unspecified atom stereocenters. The summed E-state index contributed by atoms with van der Waals surface area (Å²) >= 11 is 0. The molecule has 6 nitrogen and oxygen atoms in total. The number of nitrogen functional groups attached to an aromatic ring is 1. The van der Waals surface area contributed by atoms with Crippen LogP contribution in [-0.4, -0.2) is 13.6 Å². The highest BCUT2D eigenvalue weighted by Crippen LogP contribution is 2.34. The predicted octanol–water partition coefficient (Wildman–Crippen LogP) is 4.32. The Bertz CT molecular complexity index is 1200. The highest BCUT2D eigenvalue weighted by molar-refractivity contribution is 7.92. The number of nitrogens with two attached hydrogens (primary N) is 1. The van der Waals surface area contributed by atoms with Crippen molar-refractivity contribution >= 4 is 21.6 Å². The SMILES string of the molecule is Nc1ccc(S(=O)(=O)Nc2onc(Cc3ccccc3)c2-c2ccccc2)cc1. The van der Waals surface area contributed by atoms with Crippen LogP contribution < -0.4 is 10.5 Å². The summed E-state index contributed by atoms with van der Waals surface area (Å²) in [6, 6.07) is 25.2. The average molecular weight is 405 g/mol. The van der Waals surface area contributed by atoms with Crippen molar-refractivity contribution in [3.05, 3.63) is 96.2 Å². The fourth-order valence-electron chi connectivity index (χ4n) is 3.03. The summed E-state index contributed by atoms with van der Waals surface area (Å²) in [6.45, 7) is 0. The number of hydrogen-bond donors (Lipinski definition) is 2. The van der Waals surface area contributed by atoms with Crippen LogP contribution in [0.5, 0.6) is 0 Å². The second kappa shape index (κ2) is 7.81. The minimum absolute atomic E-state index is 0.0824. The largest absolute Gasteiger partial charge is 0.399 e. The van der Waals surface area contributed by atoms with Gasteiger partial charge in [-0.15, -0.1) is 0 Å². The molecule has 146 valence electrons. The number of nitrogens with one attached hydrogen (secondary N) is 1. The standard InChI is InChI=1S/C22H19N3O3S/c23-18-11-13-19(14-12-18)29(26,27)25-22-21(17-9-5-2-6-10-17)20(24-28-22)15-16-7-3-1-4-8-16/h1-14,25H,15,23H2. The molecule has 3 N–H and O–H groups in total. The number of hydrogen-bond acceptors (Lipinski definition) is 5. The minimum atomic E-state index is -3.86. The van der Waals surface area contributed by atoms with E-state index in [4.69, 9.17) is 10.3 Å². The van der Waals surface area contributed by atoms with Crippen molar-refractivity contribution in [1.82, 2.24) is 5.16 Å². The number of nitrogens with zero attached hydrogens (tertiary/aromatic N) is 1. The van der Waals surface area contributed by atoms with Gasteiger partial charge < -0.3 is 10.3 Å². The zero-order valence-corrected chi connectivity index (χ0v) is 16.3. The smallest absolute Gasteiger partial charge is 0.264 e. The summed E-state index contributed by atoms with van der Waals surface area (Å²) in [6.07, 6.45) is 0.512. The molecule has 0 atom stereocenters. The van der Waals surface area contributed by atoms with Crippen LogP contribution in [-0.2, 0) is 16.4 Å². The van der Waals surface area contributed by atoms with Crippen LogP contribution in [0.4, 0.5) is 11.6 Å². The van der Waals surface area contributed by atoms with Gasteiger partial charge in [-0.1, -0.05) is 65.8 Å². The molecule has 0 fully saturated rings. The molecule has 4 rings (SSSR count). The van der Waals surface area contributed by atoms with E-state index in [9.17, 15) is 8.42 Å². The predicted molar refractivity (Wildman–Crippen MR) is 113 cm³/mol. The summed E-state index contributed by atoms with van der Waals surface area (Å²) in [5, 5.41) is 4.16. The van der Waals surface area contributed by atoms with Crippen molar-refractivity contribution in [1.29, 1.82) is 0 Å². The van der Waals surface area contributed by atoms with Crippen LogP contribution in [0.1, 0.15) is 11.3 Å². The molecule has 1 heterocycles.